The van der Waals surface area contributed by atoms with Crippen molar-refractivity contribution < 1.29 is 18.8 Å². The van der Waals surface area contributed by atoms with Crippen molar-refractivity contribution in [2.45, 2.75) is 13.8 Å². The van der Waals surface area contributed by atoms with E-state index in [2.05, 4.69) is 10.5 Å². The summed E-state index contributed by atoms with van der Waals surface area (Å²) in [7, 11) is 0. The molecule has 0 bridgehead atoms. The predicted molar refractivity (Wildman–Crippen MR) is 66.9 cm³/mol. The van der Waals surface area contributed by atoms with Gasteiger partial charge in [0, 0.05) is 18.7 Å². The highest BCUT2D eigenvalue weighted by Gasteiger charge is 2.13. The lowest BCUT2D eigenvalue weighted by Crippen LogP contribution is -2.09. The zero-order valence-electron chi connectivity index (χ0n) is 10.5. The van der Waals surface area contributed by atoms with Crippen LogP contribution in [-0.4, -0.2) is 17.0 Å². The van der Waals surface area contributed by atoms with Gasteiger partial charge in [-0.25, -0.2) is 4.79 Å². The third kappa shape index (κ3) is 3.41. The summed E-state index contributed by atoms with van der Waals surface area (Å²) in [5, 5.41) is 6.18. The lowest BCUT2D eigenvalue weighted by molar-refractivity contribution is -0.114. The van der Waals surface area contributed by atoms with Gasteiger partial charge in [-0.3, -0.25) is 4.79 Å². The summed E-state index contributed by atoms with van der Waals surface area (Å²) < 4.78 is 9.89. The highest BCUT2D eigenvalue weighted by atomic mass is 16.5. The molecule has 1 N–H and O–H groups in total. The van der Waals surface area contributed by atoms with Crippen LogP contribution in [0.2, 0.25) is 0 Å². The summed E-state index contributed by atoms with van der Waals surface area (Å²) in [5.74, 6) is 0.139. The molecule has 1 aromatic heterocycles. The van der Waals surface area contributed by atoms with Crippen molar-refractivity contribution in [3.63, 3.8) is 0 Å². The Morgan fingerprint density at radius 2 is 1.95 bits per heavy atom. The number of nitrogens with zero attached hydrogens (tertiary/aromatic N) is 1. The number of benzene rings is 1. The molecule has 0 fully saturated rings. The van der Waals surface area contributed by atoms with E-state index in [-0.39, 0.29) is 11.6 Å². The Hall–Kier alpha value is -2.63. The van der Waals surface area contributed by atoms with Crippen LogP contribution in [0.5, 0.6) is 5.75 Å². The lowest BCUT2D eigenvalue weighted by atomic mass is 10.3. The molecule has 98 valence electrons. The minimum atomic E-state index is -0.593. The number of hydrogen-bond acceptors (Lipinski definition) is 5. The maximum Gasteiger partial charge on any atom is 0.365 e. The van der Waals surface area contributed by atoms with Crippen molar-refractivity contribution >= 4 is 17.6 Å². The Morgan fingerprint density at radius 1 is 1.26 bits per heavy atom. The molecule has 0 saturated heterocycles. The van der Waals surface area contributed by atoms with Gasteiger partial charge in [0.15, 0.2) is 5.69 Å². The van der Waals surface area contributed by atoms with Gasteiger partial charge in [-0.1, -0.05) is 5.16 Å². The van der Waals surface area contributed by atoms with Gasteiger partial charge < -0.3 is 14.6 Å². The normalized spacial score (nSPS) is 10.0. The fourth-order valence-electron chi connectivity index (χ4n) is 1.43. The molecular formula is C13H12N2O4. The Morgan fingerprint density at radius 3 is 2.47 bits per heavy atom. The largest absolute Gasteiger partial charge is 0.422 e. The molecule has 2 rings (SSSR count). The second-order valence-electron chi connectivity index (χ2n) is 3.92. The van der Waals surface area contributed by atoms with Crippen LogP contribution >= 0.6 is 0 Å². The van der Waals surface area contributed by atoms with Crippen LogP contribution in [0, 0.1) is 6.92 Å². The molecule has 0 aliphatic carbocycles. The summed E-state index contributed by atoms with van der Waals surface area (Å²) in [5.41, 5.74) is 0.744. The molecule has 0 saturated carbocycles. The van der Waals surface area contributed by atoms with E-state index >= 15 is 0 Å². The van der Waals surface area contributed by atoms with Crippen molar-refractivity contribution in [3.8, 4) is 5.75 Å². The molecule has 6 heteroatoms. The summed E-state index contributed by atoms with van der Waals surface area (Å²) >= 11 is 0. The molecule has 0 aliphatic heterocycles. The molecular weight excluding hydrogens is 248 g/mol. The second-order valence-corrected chi connectivity index (χ2v) is 3.92. The number of ether oxygens (including phenoxy) is 1. The zero-order valence-corrected chi connectivity index (χ0v) is 10.5. The SMILES string of the molecule is CC(=O)Nc1ccc(OC(=O)c2cc(C)on2)cc1. The van der Waals surface area contributed by atoms with Crippen molar-refractivity contribution in [1.29, 1.82) is 0 Å². The van der Waals surface area contributed by atoms with Crippen LogP contribution in [0.15, 0.2) is 34.9 Å². The van der Waals surface area contributed by atoms with Gasteiger partial charge in [-0.2, -0.15) is 0 Å². The Labute approximate surface area is 109 Å². The third-order valence-electron chi connectivity index (χ3n) is 2.22. The molecule has 0 radical (unpaired) electrons. The van der Waals surface area contributed by atoms with E-state index in [9.17, 15) is 9.59 Å². The van der Waals surface area contributed by atoms with Crippen molar-refractivity contribution in [1.82, 2.24) is 5.16 Å². The summed E-state index contributed by atoms with van der Waals surface area (Å²) in [4.78, 5) is 22.5. The number of nitrogens with one attached hydrogen (secondary N) is 1. The number of hydrogen-bond donors (Lipinski definition) is 1. The Balaban J connectivity index is 2.03. The number of anilines is 1. The number of carbonyl (C=O) groups excluding carboxylic acids is 2. The number of rotatable bonds is 3. The van der Waals surface area contributed by atoms with Gasteiger partial charge in [0.1, 0.15) is 11.5 Å². The lowest BCUT2D eigenvalue weighted by Gasteiger charge is -2.04. The summed E-state index contributed by atoms with van der Waals surface area (Å²) in [6.45, 7) is 3.10. The van der Waals surface area contributed by atoms with E-state index in [0.29, 0.717) is 17.2 Å². The van der Waals surface area contributed by atoms with Crippen molar-refractivity contribution in [2.75, 3.05) is 5.32 Å². The van der Waals surface area contributed by atoms with Gasteiger partial charge >= 0.3 is 5.97 Å². The number of aryl methyl sites for hydroxylation is 1. The highest BCUT2D eigenvalue weighted by Crippen LogP contribution is 2.17. The van der Waals surface area contributed by atoms with Gasteiger partial charge in [-0.05, 0) is 31.2 Å². The van der Waals surface area contributed by atoms with Crippen LogP contribution < -0.4 is 10.1 Å². The quantitative estimate of drug-likeness (QED) is 0.675. The number of carbonyl (C=O) groups is 2. The van der Waals surface area contributed by atoms with Crippen molar-refractivity contribution in [3.05, 3.63) is 41.8 Å². The first kappa shape index (κ1) is 12.8. The average Bonchev–Trinajstić information content (AvgIpc) is 2.78. The van der Waals surface area contributed by atoms with E-state index < -0.39 is 5.97 Å². The standard InChI is InChI=1S/C13H12N2O4/c1-8-7-12(15-19-8)13(17)18-11-5-3-10(4-6-11)14-9(2)16/h3-7H,1-2H3,(H,14,16). The molecule has 1 heterocycles. The van der Waals surface area contributed by atoms with E-state index in [1.807, 2.05) is 0 Å². The first-order chi connectivity index (χ1) is 9.04. The molecule has 0 spiro atoms. The fourth-order valence-corrected chi connectivity index (χ4v) is 1.43. The van der Waals surface area contributed by atoms with Crippen LogP contribution in [0.3, 0.4) is 0 Å². The van der Waals surface area contributed by atoms with Crippen LogP contribution in [0.25, 0.3) is 0 Å². The van der Waals surface area contributed by atoms with Gasteiger partial charge in [-0.15, -0.1) is 0 Å². The summed E-state index contributed by atoms with van der Waals surface area (Å²) in [6.07, 6.45) is 0. The van der Waals surface area contributed by atoms with Gasteiger partial charge in [0.05, 0.1) is 0 Å². The molecule has 2 aromatic rings. The summed E-state index contributed by atoms with van der Waals surface area (Å²) in [6, 6.07) is 7.93. The predicted octanol–water partition coefficient (Wildman–Crippen LogP) is 2.16. The third-order valence-corrected chi connectivity index (χ3v) is 2.22. The maximum atomic E-state index is 11.7. The molecule has 1 amide bonds. The molecule has 19 heavy (non-hydrogen) atoms. The molecule has 6 nitrogen and oxygen atoms in total. The topological polar surface area (TPSA) is 81.4 Å². The van der Waals surface area contributed by atoms with E-state index in [1.165, 1.54) is 13.0 Å². The Kier molecular flexibility index (Phi) is 3.61. The van der Waals surface area contributed by atoms with Crippen LogP contribution in [0.4, 0.5) is 5.69 Å². The molecule has 0 atom stereocenters. The minimum Gasteiger partial charge on any atom is -0.422 e. The van der Waals surface area contributed by atoms with E-state index in [4.69, 9.17) is 9.26 Å². The molecule has 1 aromatic carbocycles. The smallest absolute Gasteiger partial charge is 0.365 e. The monoisotopic (exact) mass is 260 g/mol. The second kappa shape index (κ2) is 5.34. The van der Waals surface area contributed by atoms with Crippen LogP contribution in [-0.2, 0) is 4.79 Å². The molecule has 0 aliphatic rings. The first-order valence-electron chi connectivity index (χ1n) is 5.58. The van der Waals surface area contributed by atoms with Crippen LogP contribution in [0.1, 0.15) is 23.2 Å². The van der Waals surface area contributed by atoms with Crippen molar-refractivity contribution in [2.24, 2.45) is 0 Å². The maximum absolute atomic E-state index is 11.7. The zero-order chi connectivity index (χ0) is 13.8. The van der Waals surface area contributed by atoms with E-state index in [0.717, 1.165) is 0 Å². The number of esters is 1. The number of amides is 1. The van der Waals surface area contributed by atoms with Gasteiger partial charge in [0.25, 0.3) is 0 Å². The Bertz CT molecular complexity index is 601. The average molecular weight is 260 g/mol. The van der Waals surface area contributed by atoms with E-state index in [1.54, 1.807) is 31.2 Å². The van der Waals surface area contributed by atoms with Gasteiger partial charge in [0.2, 0.25) is 5.91 Å². The highest BCUT2D eigenvalue weighted by molar-refractivity contribution is 5.90. The number of aromatic nitrogens is 1. The molecule has 0 unspecified atom stereocenters. The first-order valence-corrected chi connectivity index (χ1v) is 5.58. The fraction of sp³-hybridized carbons (Fsp3) is 0.154. The minimum absolute atomic E-state index is 0.114.